The van der Waals surface area contributed by atoms with E-state index in [-0.39, 0.29) is 0 Å². The number of para-hydroxylation sites is 6. The van der Waals surface area contributed by atoms with Crippen molar-refractivity contribution in [1.29, 1.82) is 0 Å². The van der Waals surface area contributed by atoms with Gasteiger partial charge in [-0.1, -0.05) is 164 Å². The van der Waals surface area contributed by atoms with Crippen LogP contribution in [0.5, 0.6) is 11.5 Å². The summed E-state index contributed by atoms with van der Waals surface area (Å²) in [4.78, 5) is 4.64. The summed E-state index contributed by atoms with van der Waals surface area (Å²) in [5.74, 6) is 1.68. The van der Waals surface area contributed by atoms with Crippen molar-refractivity contribution < 1.29 is 13.6 Å². The van der Waals surface area contributed by atoms with Crippen molar-refractivity contribution in [2.45, 2.75) is 0 Å². The fourth-order valence-electron chi connectivity index (χ4n) is 11.3. The van der Waals surface area contributed by atoms with E-state index in [1.165, 1.54) is 0 Å². The van der Waals surface area contributed by atoms with Gasteiger partial charge < -0.3 is 23.4 Å². The van der Waals surface area contributed by atoms with Crippen LogP contribution in [0.3, 0.4) is 0 Å². The molecule has 5 nitrogen and oxygen atoms in total. The largest absolute Gasteiger partial charge is 0.456 e. The zero-order valence-electron chi connectivity index (χ0n) is 39.4. The second-order valence-corrected chi connectivity index (χ2v) is 18.8. The van der Waals surface area contributed by atoms with E-state index in [0.717, 1.165) is 144 Å². The van der Waals surface area contributed by atoms with E-state index < -0.39 is 0 Å². The van der Waals surface area contributed by atoms with Gasteiger partial charge >= 0.3 is 0 Å². The van der Waals surface area contributed by atoms with Gasteiger partial charge in [0.25, 0.3) is 0 Å². The van der Waals surface area contributed by atoms with Crippen molar-refractivity contribution in [3.8, 4) is 44.9 Å². The van der Waals surface area contributed by atoms with Crippen LogP contribution in [-0.2, 0) is 0 Å². The smallest absolute Gasteiger partial charge is 0.159 e. The maximum Gasteiger partial charge on any atom is 0.159 e. The lowest BCUT2D eigenvalue weighted by Crippen LogP contribution is -2.11. The van der Waals surface area contributed by atoms with Gasteiger partial charge in [-0.05, 0) is 129 Å². The summed E-state index contributed by atoms with van der Waals surface area (Å²) in [6.07, 6.45) is 0. The number of rotatable bonds is 8. The number of hydrogen-bond acceptors (Lipinski definition) is 5. The zero-order chi connectivity index (χ0) is 48.0. The molecule has 73 heavy (non-hydrogen) atoms. The standard InChI is InChI=1S/C68H42N2O3/c1-3-16-44(17-4-1)50-20-7-10-26-59(50)70(61-28-14-25-56-52-22-9-12-30-63(52)73-68(56)61)48-36-32-43(33-37-48)45-35-39-53-58-40-46-34-38-49(42-57(46)54-23-15-31-64(66(54)58)71-65(53)41-45)69(47-18-5-2-6-19-47)60-27-13-24-55-51-21-8-11-29-62(51)72-67(55)60/h1-42H. The minimum Gasteiger partial charge on any atom is -0.456 e. The SMILES string of the molecule is c1ccc(-c2ccccc2N(c2ccc(-c3ccc4c(c3)Oc3cccc5c3c-4cc3ccc(N(c4ccccc4)c4cccc6c4oc4ccccc46)cc35)cc2)c2cccc3c2oc2ccccc23)cc1. The molecule has 5 heteroatoms. The monoisotopic (exact) mass is 934 g/mol. The second-order valence-electron chi connectivity index (χ2n) is 18.8. The molecule has 2 aromatic heterocycles. The van der Waals surface area contributed by atoms with Crippen LogP contribution in [0.15, 0.2) is 264 Å². The Bertz CT molecular complexity index is 4480. The van der Waals surface area contributed by atoms with Crippen molar-refractivity contribution >= 4 is 99.5 Å². The topological polar surface area (TPSA) is 42.0 Å². The number of nitrogens with zero attached hydrogens (tertiary/aromatic N) is 2. The average molecular weight is 935 g/mol. The van der Waals surface area contributed by atoms with Crippen LogP contribution in [0, 0.1) is 0 Å². The van der Waals surface area contributed by atoms with Gasteiger partial charge in [0.1, 0.15) is 22.7 Å². The Morgan fingerprint density at radius 3 is 1.58 bits per heavy atom. The van der Waals surface area contributed by atoms with E-state index >= 15 is 0 Å². The van der Waals surface area contributed by atoms with E-state index in [1.807, 2.05) is 24.3 Å². The molecule has 0 bridgehead atoms. The molecule has 0 saturated heterocycles. The predicted octanol–water partition coefficient (Wildman–Crippen LogP) is 19.8. The number of ether oxygens (including phenoxy) is 1. The van der Waals surface area contributed by atoms with Gasteiger partial charge in [0.15, 0.2) is 11.2 Å². The predicted molar refractivity (Wildman–Crippen MR) is 302 cm³/mol. The first-order chi connectivity index (χ1) is 36.2. The number of hydrogen-bond donors (Lipinski definition) is 0. The first-order valence-electron chi connectivity index (χ1n) is 24.7. The highest BCUT2D eigenvalue weighted by Gasteiger charge is 2.26. The van der Waals surface area contributed by atoms with Crippen LogP contribution in [0.1, 0.15) is 0 Å². The summed E-state index contributed by atoms with van der Waals surface area (Å²) in [7, 11) is 0. The van der Waals surface area contributed by atoms with Crippen LogP contribution in [0.4, 0.5) is 34.1 Å². The second kappa shape index (κ2) is 16.4. The highest BCUT2D eigenvalue weighted by atomic mass is 16.5. The molecule has 3 heterocycles. The molecule has 0 spiro atoms. The average Bonchev–Trinajstić information content (AvgIpc) is 4.04. The molecular weight excluding hydrogens is 893 g/mol. The van der Waals surface area contributed by atoms with E-state index in [9.17, 15) is 0 Å². The lowest BCUT2D eigenvalue weighted by Gasteiger charge is -2.28. The molecule has 0 radical (unpaired) electrons. The molecule has 0 atom stereocenters. The Morgan fingerprint density at radius 2 is 0.836 bits per heavy atom. The summed E-state index contributed by atoms with van der Waals surface area (Å²) in [5, 5.41) is 8.93. The lowest BCUT2D eigenvalue weighted by molar-refractivity contribution is 0.487. The quantitative estimate of drug-likeness (QED) is 0.142. The van der Waals surface area contributed by atoms with Crippen LogP contribution in [0.25, 0.3) is 98.8 Å². The van der Waals surface area contributed by atoms with Crippen LogP contribution in [0.2, 0.25) is 0 Å². The maximum atomic E-state index is 6.91. The summed E-state index contributed by atoms with van der Waals surface area (Å²) in [6.45, 7) is 0. The summed E-state index contributed by atoms with van der Waals surface area (Å²) in [5.41, 5.74) is 16.2. The molecule has 0 unspecified atom stereocenters. The van der Waals surface area contributed by atoms with Crippen molar-refractivity contribution in [3.63, 3.8) is 0 Å². The molecule has 15 rings (SSSR count). The fourth-order valence-corrected chi connectivity index (χ4v) is 11.3. The number of furan rings is 2. The molecule has 0 saturated carbocycles. The summed E-state index contributed by atoms with van der Waals surface area (Å²) >= 11 is 0. The zero-order valence-corrected chi connectivity index (χ0v) is 39.4. The Labute approximate surface area is 420 Å². The number of anilines is 6. The van der Waals surface area contributed by atoms with E-state index in [0.29, 0.717) is 0 Å². The van der Waals surface area contributed by atoms with E-state index in [2.05, 4.69) is 240 Å². The number of benzene rings is 12. The van der Waals surface area contributed by atoms with Crippen LogP contribution in [-0.4, -0.2) is 0 Å². The van der Waals surface area contributed by atoms with Gasteiger partial charge in [-0.2, -0.15) is 0 Å². The van der Waals surface area contributed by atoms with Crippen LogP contribution < -0.4 is 14.5 Å². The summed E-state index contributed by atoms with van der Waals surface area (Å²) < 4.78 is 20.2. The van der Waals surface area contributed by atoms with Crippen molar-refractivity contribution in [1.82, 2.24) is 0 Å². The lowest BCUT2D eigenvalue weighted by atomic mass is 9.89. The van der Waals surface area contributed by atoms with E-state index in [4.69, 9.17) is 13.6 Å². The molecule has 0 fully saturated rings. The normalized spacial score (nSPS) is 11.9. The molecule has 342 valence electrons. The van der Waals surface area contributed by atoms with Crippen molar-refractivity contribution in [2.75, 3.05) is 9.80 Å². The van der Waals surface area contributed by atoms with Gasteiger partial charge in [0.2, 0.25) is 0 Å². The first-order valence-corrected chi connectivity index (χ1v) is 24.7. The first kappa shape index (κ1) is 41.0. The molecular formula is C68H42N2O3. The van der Waals surface area contributed by atoms with Gasteiger partial charge in [-0.15, -0.1) is 0 Å². The molecule has 1 aliphatic rings. The Balaban J connectivity index is 0.818. The number of fused-ring (bicyclic) bond motifs is 10. The third-order valence-corrected chi connectivity index (χ3v) is 14.6. The highest BCUT2D eigenvalue weighted by molar-refractivity contribution is 6.19. The molecule has 0 amide bonds. The van der Waals surface area contributed by atoms with Crippen molar-refractivity contribution in [3.05, 3.63) is 255 Å². The molecule has 0 N–H and O–H groups in total. The van der Waals surface area contributed by atoms with Gasteiger partial charge in [-0.25, -0.2) is 0 Å². The fraction of sp³-hybridized carbons (Fsp3) is 0. The highest BCUT2D eigenvalue weighted by Crippen LogP contribution is 2.52. The molecule has 12 aromatic carbocycles. The Morgan fingerprint density at radius 1 is 0.274 bits per heavy atom. The minimum atomic E-state index is 0.835. The Kier molecular flexibility index (Phi) is 9.19. The van der Waals surface area contributed by atoms with Gasteiger partial charge in [0.05, 0.1) is 17.1 Å². The third kappa shape index (κ3) is 6.56. The third-order valence-electron chi connectivity index (χ3n) is 14.6. The van der Waals surface area contributed by atoms with Gasteiger partial charge in [-0.3, -0.25) is 0 Å². The summed E-state index contributed by atoms with van der Waals surface area (Å²) in [6, 6.07) is 90.2. The maximum absolute atomic E-state index is 6.91. The molecule has 14 aromatic rings. The molecule has 1 aliphatic heterocycles. The van der Waals surface area contributed by atoms with Gasteiger partial charge in [0, 0.05) is 55.1 Å². The van der Waals surface area contributed by atoms with E-state index in [1.54, 1.807) is 0 Å². The van der Waals surface area contributed by atoms with Crippen LogP contribution >= 0.6 is 0 Å². The Hall–Kier alpha value is -9.84. The molecule has 0 aliphatic carbocycles. The minimum absolute atomic E-state index is 0.835. The van der Waals surface area contributed by atoms with Crippen molar-refractivity contribution in [2.24, 2.45) is 0 Å².